The van der Waals surface area contributed by atoms with E-state index in [1.807, 2.05) is 13.8 Å². The number of nitrogens with one attached hydrogen (secondary N) is 1. The predicted octanol–water partition coefficient (Wildman–Crippen LogP) is 1.46. The summed E-state index contributed by atoms with van der Waals surface area (Å²) in [5.41, 5.74) is 6.16. The largest absolute Gasteiger partial charge is 0.465 e. The maximum Gasteiger partial charge on any atom is 0.350 e. The minimum absolute atomic E-state index is 0.0372. The zero-order chi connectivity index (χ0) is 13.0. The van der Waals surface area contributed by atoms with Crippen LogP contribution in [0.3, 0.4) is 0 Å². The molecule has 1 amide bonds. The molecule has 0 aromatic carbocycles. The monoisotopic (exact) mass is 256 g/mol. The number of hydrogen-bond donors (Lipinski definition) is 2. The Balaban J connectivity index is 2.79. The highest BCUT2D eigenvalue weighted by Crippen LogP contribution is 2.23. The Kier molecular flexibility index (Phi) is 4.65. The third-order valence-corrected chi connectivity index (χ3v) is 3.21. The topological polar surface area (TPSA) is 81.4 Å². The van der Waals surface area contributed by atoms with E-state index in [1.54, 1.807) is 11.4 Å². The second-order valence-electron chi connectivity index (χ2n) is 3.91. The van der Waals surface area contributed by atoms with Gasteiger partial charge in [0.05, 0.1) is 18.8 Å². The van der Waals surface area contributed by atoms with Crippen molar-refractivity contribution in [2.24, 2.45) is 11.7 Å². The number of nitrogens with two attached hydrogens (primary N) is 1. The smallest absolute Gasteiger partial charge is 0.350 e. The molecule has 1 atom stereocenters. The van der Waals surface area contributed by atoms with E-state index in [0.717, 1.165) is 0 Å². The van der Waals surface area contributed by atoms with Gasteiger partial charge in [-0.05, 0) is 17.4 Å². The second-order valence-corrected chi connectivity index (χ2v) is 4.83. The molecule has 1 aromatic rings. The van der Waals surface area contributed by atoms with Crippen LogP contribution in [0, 0.1) is 5.92 Å². The van der Waals surface area contributed by atoms with Crippen molar-refractivity contribution in [1.82, 2.24) is 0 Å². The van der Waals surface area contributed by atoms with Crippen molar-refractivity contribution >= 4 is 28.9 Å². The zero-order valence-corrected chi connectivity index (χ0v) is 10.8. The molecule has 0 saturated heterocycles. The highest BCUT2D eigenvalue weighted by molar-refractivity contribution is 7.12. The lowest BCUT2D eigenvalue weighted by Crippen LogP contribution is -2.39. The highest BCUT2D eigenvalue weighted by atomic mass is 32.1. The third kappa shape index (κ3) is 3.28. The lowest BCUT2D eigenvalue weighted by Gasteiger charge is -2.15. The van der Waals surface area contributed by atoms with Crippen LogP contribution < -0.4 is 11.1 Å². The van der Waals surface area contributed by atoms with Crippen LogP contribution in [0.5, 0.6) is 0 Å². The summed E-state index contributed by atoms with van der Waals surface area (Å²) < 4.78 is 4.61. The quantitative estimate of drug-likeness (QED) is 0.799. The average molecular weight is 256 g/mol. The first-order valence-electron chi connectivity index (χ1n) is 5.19. The van der Waals surface area contributed by atoms with E-state index < -0.39 is 12.0 Å². The van der Waals surface area contributed by atoms with E-state index in [-0.39, 0.29) is 11.8 Å². The molecule has 0 fully saturated rings. The molecule has 3 N–H and O–H groups in total. The van der Waals surface area contributed by atoms with Gasteiger partial charge in [-0.2, -0.15) is 0 Å². The average Bonchev–Trinajstić information content (AvgIpc) is 2.74. The van der Waals surface area contributed by atoms with Crippen molar-refractivity contribution in [3.63, 3.8) is 0 Å². The zero-order valence-electron chi connectivity index (χ0n) is 10.0. The number of anilines is 1. The predicted molar refractivity (Wildman–Crippen MR) is 67.1 cm³/mol. The molecule has 5 nitrogen and oxygen atoms in total. The Labute approximate surface area is 104 Å². The Morgan fingerprint density at radius 1 is 1.47 bits per heavy atom. The second kappa shape index (κ2) is 5.79. The van der Waals surface area contributed by atoms with Crippen molar-refractivity contribution in [3.8, 4) is 0 Å². The third-order valence-electron chi connectivity index (χ3n) is 2.31. The molecule has 0 radical (unpaired) electrons. The number of carbonyl (C=O) groups is 2. The van der Waals surface area contributed by atoms with Crippen LogP contribution >= 0.6 is 11.3 Å². The van der Waals surface area contributed by atoms with Gasteiger partial charge < -0.3 is 15.8 Å². The van der Waals surface area contributed by atoms with Crippen molar-refractivity contribution in [2.75, 3.05) is 12.4 Å². The standard InChI is InChI=1S/C11H16N2O3S/c1-6(2)8(12)10(14)13-7-4-5-17-9(7)11(15)16-3/h4-6,8H,12H2,1-3H3,(H,13,14)/t8-/m0/s1. The van der Waals surface area contributed by atoms with Gasteiger partial charge in [0.1, 0.15) is 4.88 Å². The van der Waals surface area contributed by atoms with Crippen LogP contribution in [0.15, 0.2) is 11.4 Å². The number of amides is 1. The molecule has 0 aliphatic rings. The van der Waals surface area contributed by atoms with Gasteiger partial charge in [-0.15, -0.1) is 11.3 Å². The van der Waals surface area contributed by atoms with E-state index in [0.29, 0.717) is 10.6 Å². The van der Waals surface area contributed by atoms with Gasteiger partial charge in [-0.3, -0.25) is 4.79 Å². The molecule has 6 heteroatoms. The first-order chi connectivity index (χ1) is 7.97. The fourth-order valence-corrected chi connectivity index (χ4v) is 1.94. The summed E-state index contributed by atoms with van der Waals surface area (Å²) in [4.78, 5) is 23.5. The van der Waals surface area contributed by atoms with Gasteiger partial charge in [0.2, 0.25) is 5.91 Å². The first kappa shape index (κ1) is 13.7. The molecule has 1 aromatic heterocycles. The summed E-state index contributed by atoms with van der Waals surface area (Å²) in [7, 11) is 1.30. The highest BCUT2D eigenvalue weighted by Gasteiger charge is 2.20. The molecule has 0 unspecified atom stereocenters. The van der Waals surface area contributed by atoms with Crippen LogP contribution in [-0.2, 0) is 9.53 Å². The SMILES string of the molecule is COC(=O)c1sccc1NC(=O)[C@@H](N)C(C)C. The van der Waals surface area contributed by atoms with Crippen LogP contribution in [0.25, 0.3) is 0 Å². The fraction of sp³-hybridized carbons (Fsp3) is 0.455. The number of hydrogen-bond acceptors (Lipinski definition) is 5. The molecule has 0 saturated carbocycles. The first-order valence-corrected chi connectivity index (χ1v) is 6.07. The van der Waals surface area contributed by atoms with Gasteiger partial charge >= 0.3 is 5.97 Å². The lowest BCUT2D eigenvalue weighted by molar-refractivity contribution is -0.118. The maximum atomic E-state index is 11.7. The number of ether oxygens (including phenoxy) is 1. The summed E-state index contributed by atoms with van der Waals surface area (Å²) in [5.74, 6) is -0.729. The van der Waals surface area contributed by atoms with Gasteiger partial charge in [-0.25, -0.2) is 4.79 Å². The molecule has 0 aliphatic carbocycles. The van der Waals surface area contributed by atoms with Crippen LogP contribution in [0.2, 0.25) is 0 Å². The van der Waals surface area contributed by atoms with Gasteiger partial charge in [0.15, 0.2) is 0 Å². The normalized spacial score (nSPS) is 12.3. The lowest BCUT2D eigenvalue weighted by atomic mass is 10.1. The molecular weight excluding hydrogens is 240 g/mol. The molecular formula is C11H16N2O3S. The van der Waals surface area contributed by atoms with Crippen molar-refractivity contribution < 1.29 is 14.3 Å². The number of thiophene rings is 1. The van der Waals surface area contributed by atoms with E-state index in [9.17, 15) is 9.59 Å². The minimum Gasteiger partial charge on any atom is -0.465 e. The summed E-state index contributed by atoms with van der Waals surface area (Å²) >= 11 is 1.21. The van der Waals surface area contributed by atoms with E-state index in [4.69, 9.17) is 5.73 Å². The van der Waals surface area contributed by atoms with Crippen molar-refractivity contribution in [1.29, 1.82) is 0 Å². The Bertz CT molecular complexity index is 415. The molecule has 1 rings (SSSR count). The van der Waals surface area contributed by atoms with E-state index in [1.165, 1.54) is 18.4 Å². The van der Waals surface area contributed by atoms with Gasteiger partial charge in [0, 0.05) is 0 Å². The molecule has 94 valence electrons. The summed E-state index contributed by atoms with van der Waals surface area (Å²) in [6.45, 7) is 3.72. The number of esters is 1. The Morgan fingerprint density at radius 3 is 2.65 bits per heavy atom. The maximum absolute atomic E-state index is 11.7. The molecule has 0 aliphatic heterocycles. The minimum atomic E-state index is -0.597. The van der Waals surface area contributed by atoms with E-state index >= 15 is 0 Å². The summed E-state index contributed by atoms with van der Waals surface area (Å²) in [6.07, 6.45) is 0. The van der Waals surface area contributed by atoms with Gasteiger partial charge in [0.25, 0.3) is 0 Å². The number of methoxy groups -OCH3 is 1. The molecule has 0 spiro atoms. The number of carbonyl (C=O) groups excluding carboxylic acids is 2. The Morgan fingerprint density at radius 2 is 2.12 bits per heavy atom. The van der Waals surface area contributed by atoms with Crippen LogP contribution in [-0.4, -0.2) is 25.0 Å². The van der Waals surface area contributed by atoms with Crippen LogP contribution in [0.1, 0.15) is 23.5 Å². The summed E-state index contributed by atoms with van der Waals surface area (Å²) in [5, 5.41) is 4.34. The molecule has 0 bridgehead atoms. The van der Waals surface area contributed by atoms with Gasteiger partial charge in [-0.1, -0.05) is 13.8 Å². The number of rotatable bonds is 4. The van der Waals surface area contributed by atoms with E-state index in [2.05, 4.69) is 10.1 Å². The molecule has 17 heavy (non-hydrogen) atoms. The summed E-state index contributed by atoms with van der Waals surface area (Å²) in [6, 6.07) is 1.06. The fourth-order valence-electron chi connectivity index (χ4n) is 1.18. The van der Waals surface area contributed by atoms with Crippen molar-refractivity contribution in [2.45, 2.75) is 19.9 Å². The molecule has 1 heterocycles. The van der Waals surface area contributed by atoms with Crippen molar-refractivity contribution in [3.05, 3.63) is 16.3 Å². The Hall–Kier alpha value is -1.40. The van der Waals surface area contributed by atoms with Crippen LogP contribution in [0.4, 0.5) is 5.69 Å².